The van der Waals surface area contributed by atoms with Gasteiger partial charge in [0.15, 0.2) is 0 Å². The molecule has 2 aliphatic carbocycles. The van der Waals surface area contributed by atoms with Gasteiger partial charge < -0.3 is 20.4 Å². The molecule has 2 saturated carbocycles. The van der Waals surface area contributed by atoms with Crippen LogP contribution in [0.2, 0.25) is 0 Å². The van der Waals surface area contributed by atoms with Crippen LogP contribution < -0.4 is 29.6 Å². The molecule has 6 nitrogen and oxygen atoms in total. The standard InChI is InChI=1S/C12H21NO2S2.C6H13NS.C6H10O.CH4.ClH.Na.H2O/c1-3-13(4-2)11(16)17-12(10(14)15)8-6-5-7-9-12;1-4-7(5-2)6(3)8;7-6-4-2-1-3-5-6;;;;/h3-9H2,1-2H3,(H,14,15);4-5H2,1-3H3;1-5H2;1H4;1H;;1H2/q;;;;;+1;/p-1. The van der Waals surface area contributed by atoms with Crippen molar-refractivity contribution >= 4 is 69.7 Å². The number of carbonyl (C=O) groups excluding carboxylic acids is 1. The number of Topliss-reactive ketones (excluding diaryl/α,β-unsaturated/α-hetero) is 1. The zero-order valence-electron chi connectivity index (χ0n) is 22.6. The summed E-state index contributed by atoms with van der Waals surface area (Å²) in [5.74, 6) is -0.233. The van der Waals surface area contributed by atoms with Crippen molar-refractivity contribution in [3.8, 4) is 0 Å². The Labute approximate surface area is 264 Å². The Bertz CT molecular complexity index is 594. The molecule has 0 aromatic carbocycles. The third-order valence-corrected chi connectivity index (χ3v) is 8.15. The number of carbonyl (C=O) groups is 2. The molecule has 0 spiro atoms. The van der Waals surface area contributed by atoms with Crippen LogP contribution in [-0.4, -0.2) is 72.4 Å². The molecular formula is C25H50ClN2NaO4S3. The third kappa shape index (κ3) is 18.7. The summed E-state index contributed by atoms with van der Waals surface area (Å²) in [6, 6.07) is 0. The first kappa shape index (κ1) is 46.4. The van der Waals surface area contributed by atoms with Gasteiger partial charge in [0.2, 0.25) is 0 Å². The molecule has 0 radical (unpaired) electrons. The number of ketones is 1. The summed E-state index contributed by atoms with van der Waals surface area (Å²) in [5, 5.41) is 9.47. The van der Waals surface area contributed by atoms with Crippen LogP contribution in [0.5, 0.6) is 0 Å². The molecule has 210 valence electrons. The van der Waals surface area contributed by atoms with E-state index in [-0.39, 0.29) is 54.9 Å². The van der Waals surface area contributed by atoms with E-state index < -0.39 is 10.7 Å². The Morgan fingerprint density at radius 1 is 0.889 bits per heavy atom. The summed E-state index contributed by atoms with van der Waals surface area (Å²) < 4.78 is 0.0667. The van der Waals surface area contributed by atoms with E-state index in [1.807, 2.05) is 20.8 Å². The van der Waals surface area contributed by atoms with Crippen molar-refractivity contribution in [2.75, 3.05) is 26.2 Å². The quantitative estimate of drug-likeness (QED) is 0.357. The number of thioether (sulfide) groups is 1. The van der Waals surface area contributed by atoms with Crippen molar-refractivity contribution in [2.45, 2.75) is 111 Å². The van der Waals surface area contributed by atoms with Crippen LogP contribution in [0.25, 0.3) is 0 Å². The summed E-state index contributed by atoms with van der Waals surface area (Å²) in [6.45, 7) is 14.0. The second-order valence-electron chi connectivity index (χ2n) is 8.19. The average Bonchev–Trinajstić information content (AvgIpc) is 2.77. The molecule has 2 rings (SSSR count). The van der Waals surface area contributed by atoms with Gasteiger partial charge in [0.05, 0.1) is 4.99 Å². The number of hydrogen-bond donors (Lipinski definition) is 1. The van der Waals surface area contributed by atoms with E-state index in [1.54, 1.807) is 0 Å². The number of rotatable bonds is 6. The predicted octanol–water partition coefficient (Wildman–Crippen LogP) is 4.21. The van der Waals surface area contributed by atoms with Crippen molar-refractivity contribution in [3.05, 3.63) is 0 Å². The smallest absolute Gasteiger partial charge is 0.870 e. The van der Waals surface area contributed by atoms with Gasteiger partial charge in [-0.2, -0.15) is 0 Å². The Balaban J connectivity index is -0.000000143. The van der Waals surface area contributed by atoms with Gasteiger partial charge in [-0.05, 0) is 60.3 Å². The number of aliphatic carboxylic acids is 1. The van der Waals surface area contributed by atoms with E-state index in [0.29, 0.717) is 5.78 Å². The van der Waals surface area contributed by atoms with Gasteiger partial charge in [0.25, 0.3) is 0 Å². The predicted molar refractivity (Wildman–Crippen MR) is 162 cm³/mol. The molecule has 0 atom stereocenters. The van der Waals surface area contributed by atoms with Crippen LogP contribution >= 0.6 is 48.6 Å². The molecular weight excluding hydrogens is 547 g/mol. The average molecular weight is 597 g/mol. The van der Waals surface area contributed by atoms with Gasteiger partial charge in [0, 0.05) is 39.0 Å². The summed E-state index contributed by atoms with van der Waals surface area (Å²) in [5.41, 5.74) is 0. The number of halogens is 1. The van der Waals surface area contributed by atoms with Gasteiger partial charge in [-0.25, -0.2) is 0 Å². The van der Waals surface area contributed by atoms with Gasteiger partial charge in [-0.15, -0.1) is 12.4 Å². The Morgan fingerprint density at radius 3 is 1.53 bits per heavy atom. The number of nitrogens with zero attached hydrogens (tertiary/aromatic N) is 2. The minimum atomic E-state index is -0.697. The Morgan fingerprint density at radius 2 is 1.28 bits per heavy atom. The van der Waals surface area contributed by atoms with Crippen molar-refractivity contribution in [1.29, 1.82) is 0 Å². The van der Waals surface area contributed by atoms with E-state index in [4.69, 9.17) is 24.4 Å². The molecule has 0 aliphatic heterocycles. The van der Waals surface area contributed by atoms with E-state index >= 15 is 0 Å². The van der Waals surface area contributed by atoms with Gasteiger partial charge in [0.1, 0.15) is 14.9 Å². The second kappa shape index (κ2) is 27.1. The zero-order chi connectivity index (χ0) is 24.6. The molecule has 0 bridgehead atoms. The maximum Gasteiger partial charge on any atom is 1.00 e. The molecule has 2 fully saturated rings. The van der Waals surface area contributed by atoms with Crippen LogP contribution in [0.15, 0.2) is 0 Å². The minimum Gasteiger partial charge on any atom is -0.870 e. The van der Waals surface area contributed by atoms with Crippen LogP contribution in [0.3, 0.4) is 0 Å². The third-order valence-electron chi connectivity index (χ3n) is 5.98. The van der Waals surface area contributed by atoms with Crippen molar-refractivity contribution < 1.29 is 49.7 Å². The van der Waals surface area contributed by atoms with E-state index in [2.05, 4.69) is 23.6 Å². The van der Waals surface area contributed by atoms with Gasteiger partial charge in [-0.1, -0.05) is 69.3 Å². The fraction of sp³-hybridized carbons (Fsp3) is 0.840. The summed E-state index contributed by atoms with van der Waals surface area (Å²) in [7, 11) is 0. The van der Waals surface area contributed by atoms with E-state index in [1.165, 1.54) is 18.2 Å². The summed E-state index contributed by atoms with van der Waals surface area (Å²) in [6.07, 6.45) is 9.88. The molecule has 36 heavy (non-hydrogen) atoms. The van der Waals surface area contributed by atoms with E-state index in [0.717, 1.165) is 93.3 Å². The maximum atomic E-state index is 11.5. The first-order valence-corrected chi connectivity index (χ1v) is 13.8. The van der Waals surface area contributed by atoms with E-state index in [9.17, 15) is 14.7 Å². The molecule has 0 amide bonds. The van der Waals surface area contributed by atoms with Crippen LogP contribution in [-0.2, 0) is 9.59 Å². The van der Waals surface area contributed by atoms with Gasteiger partial charge >= 0.3 is 35.5 Å². The summed E-state index contributed by atoms with van der Waals surface area (Å²) >= 11 is 11.7. The maximum absolute atomic E-state index is 11.5. The molecule has 0 unspecified atom stereocenters. The molecule has 0 heterocycles. The minimum absolute atomic E-state index is 0. The molecule has 11 heteroatoms. The van der Waals surface area contributed by atoms with Crippen LogP contribution in [0.4, 0.5) is 0 Å². The molecule has 2 N–H and O–H groups in total. The molecule has 0 aromatic heterocycles. The van der Waals surface area contributed by atoms with Crippen molar-refractivity contribution in [2.24, 2.45) is 0 Å². The topological polar surface area (TPSA) is 90.9 Å². The zero-order valence-corrected chi connectivity index (χ0v) is 27.9. The summed E-state index contributed by atoms with van der Waals surface area (Å²) in [4.78, 5) is 27.2. The first-order valence-electron chi connectivity index (χ1n) is 12.2. The number of hydrogen-bond acceptors (Lipinski definition) is 6. The van der Waals surface area contributed by atoms with Crippen molar-refractivity contribution in [3.63, 3.8) is 0 Å². The normalized spacial score (nSPS) is 15.2. The Kier molecular flexibility index (Phi) is 34.9. The first-order chi connectivity index (χ1) is 15.2. The molecule has 0 saturated heterocycles. The molecule has 0 aromatic rings. The molecule has 2 aliphatic rings. The SMILES string of the molecule is C.CCN(CC)C(=S)SC1(C(=O)O)CCCCC1.CCN(CC)C(C)=S.Cl.O=C1CCCCC1.[Na+].[OH-]. The van der Waals surface area contributed by atoms with Crippen LogP contribution in [0, 0.1) is 0 Å². The Hall–Kier alpha value is 0.520. The number of carboxylic acid groups (broad SMARTS) is 1. The fourth-order valence-corrected chi connectivity index (χ4v) is 6.11. The second-order valence-corrected chi connectivity index (χ2v) is 10.8. The largest absolute Gasteiger partial charge is 1.00 e. The number of carboxylic acids is 1. The fourth-order valence-electron chi connectivity index (χ4n) is 3.81. The van der Waals surface area contributed by atoms with Crippen molar-refractivity contribution in [1.82, 2.24) is 9.80 Å². The monoisotopic (exact) mass is 596 g/mol. The number of thiocarbonyl (C=S) groups is 2. The van der Waals surface area contributed by atoms with Crippen LogP contribution in [0.1, 0.15) is 106 Å². The van der Waals surface area contributed by atoms with Gasteiger partial charge in [-0.3, -0.25) is 9.59 Å².